The van der Waals surface area contributed by atoms with Gasteiger partial charge in [0.2, 0.25) is 0 Å². The van der Waals surface area contributed by atoms with Gasteiger partial charge in [-0.15, -0.1) is 0 Å². The number of nitrogens with two attached hydrogens (primary N) is 1. The largest absolute Gasteiger partial charge is 0.399 e. The van der Waals surface area contributed by atoms with Gasteiger partial charge in [0.15, 0.2) is 0 Å². The van der Waals surface area contributed by atoms with Crippen LogP contribution in [0, 0.1) is 0 Å². The van der Waals surface area contributed by atoms with Crippen LogP contribution in [-0.4, -0.2) is 11.4 Å². The van der Waals surface area contributed by atoms with Crippen molar-refractivity contribution in [2.75, 3.05) is 0 Å². The number of carbonyl (C=O) groups excluding carboxylic acids is 1. The monoisotopic (exact) mass is 354 g/mol. The Kier molecular flexibility index (Phi) is 4.51. The highest BCUT2D eigenvalue weighted by molar-refractivity contribution is 6.23. The van der Waals surface area contributed by atoms with Gasteiger partial charge in [0, 0.05) is 18.5 Å². The van der Waals surface area contributed by atoms with Gasteiger partial charge in [0.25, 0.3) is 5.91 Å². The molecular formula is C24H22N2O. The van der Waals surface area contributed by atoms with Gasteiger partial charge >= 0.3 is 0 Å². The van der Waals surface area contributed by atoms with E-state index in [-0.39, 0.29) is 5.91 Å². The van der Waals surface area contributed by atoms with Gasteiger partial charge in [-0.2, -0.15) is 0 Å². The smallest absolute Gasteiger partial charge is 0.254 e. The Bertz CT molecular complexity index is 922. The first-order chi connectivity index (χ1) is 13.2. The summed E-state index contributed by atoms with van der Waals surface area (Å²) in [5, 5.41) is 3.22. The lowest BCUT2D eigenvalue weighted by atomic mass is 9.82. The first-order valence-corrected chi connectivity index (χ1v) is 9.14. The summed E-state index contributed by atoms with van der Waals surface area (Å²) in [4.78, 5) is 12.9. The normalized spacial score (nSPS) is 15.6. The quantitative estimate of drug-likeness (QED) is 0.734. The highest BCUT2D eigenvalue weighted by Crippen LogP contribution is 2.35. The molecule has 0 unspecified atom stereocenters. The Balaban J connectivity index is 1.80. The van der Waals surface area contributed by atoms with Gasteiger partial charge in [0.05, 0.1) is 11.1 Å². The van der Waals surface area contributed by atoms with Crippen molar-refractivity contribution < 1.29 is 4.79 Å². The van der Waals surface area contributed by atoms with E-state index in [1.807, 2.05) is 66.7 Å². The molecular weight excluding hydrogens is 332 g/mol. The second-order valence-corrected chi connectivity index (χ2v) is 7.02. The van der Waals surface area contributed by atoms with Crippen LogP contribution >= 0.6 is 0 Å². The number of nitrogens with one attached hydrogen (secondary N) is 1. The van der Waals surface area contributed by atoms with Crippen molar-refractivity contribution in [3.05, 3.63) is 113 Å². The lowest BCUT2D eigenvalue weighted by Gasteiger charge is -2.31. The van der Waals surface area contributed by atoms with Crippen LogP contribution in [0.4, 0.5) is 0 Å². The predicted octanol–water partition coefficient (Wildman–Crippen LogP) is 3.71. The molecule has 0 aliphatic carbocycles. The summed E-state index contributed by atoms with van der Waals surface area (Å²) in [6.45, 7) is 0. The summed E-state index contributed by atoms with van der Waals surface area (Å²) in [6, 6.07) is 30.0. The van der Waals surface area contributed by atoms with E-state index in [0.717, 1.165) is 16.7 Å². The number of carbonyl (C=O) groups is 1. The highest BCUT2D eigenvalue weighted by Gasteiger charge is 2.44. The summed E-state index contributed by atoms with van der Waals surface area (Å²) in [5.41, 5.74) is 10.4. The molecule has 27 heavy (non-hydrogen) atoms. The van der Waals surface area contributed by atoms with Gasteiger partial charge in [0.1, 0.15) is 0 Å². The lowest BCUT2D eigenvalue weighted by Crippen LogP contribution is -2.50. The minimum Gasteiger partial charge on any atom is -0.399 e. The molecule has 3 aromatic carbocycles. The van der Waals surface area contributed by atoms with Crippen molar-refractivity contribution in [2.45, 2.75) is 18.4 Å². The molecule has 3 heteroatoms. The van der Waals surface area contributed by atoms with Crippen LogP contribution < -0.4 is 11.1 Å². The fourth-order valence-corrected chi connectivity index (χ4v) is 3.83. The molecule has 0 fully saturated rings. The van der Waals surface area contributed by atoms with Gasteiger partial charge in [-0.3, -0.25) is 4.79 Å². The van der Waals surface area contributed by atoms with E-state index in [4.69, 9.17) is 5.73 Å². The molecule has 0 saturated carbocycles. The van der Waals surface area contributed by atoms with Gasteiger partial charge in [-0.05, 0) is 16.7 Å². The molecule has 0 radical (unpaired) electrons. The highest BCUT2D eigenvalue weighted by atomic mass is 16.2. The zero-order valence-corrected chi connectivity index (χ0v) is 15.1. The van der Waals surface area contributed by atoms with Crippen molar-refractivity contribution in [1.29, 1.82) is 0 Å². The van der Waals surface area contributed by atoms with Crippen molar-refractivity contribution in [3.63, 3.8) is 0 Å². The zero-order valence-electron chi connectivity index (χ0n) is 15.1. The molecule has 0 atom stereocenters. The maximum Gasteiger partial charge on any atom is 0.254 e. The average Bonchev–Trinajstić information content (AvgIpc) is 2.93. The summed E-state index contributed by atoms with van der Waals surface area (Å²) in [5.74, 6) is -0.106. The Labute approximate surface area is 159 Å². The third-order valence-electron chi connectivity index (χ3n) is 5.12. The van der Waals surface area contributed by atoms with E-state index in [1.165, 1.54) is 0 Å². The predicted molar refractivity (Wildman–Crippen MR) is 109 cm³/mol. The van der Waals surface area contributed by atoms with Crippen LogP contribution in [0.15, 0.2) is 96.7 Å². The molecule has 4 rings (SSSR count). The topological polar surface area (TPSA) is 55.1 Å². The first kappa shape index (κ1) is 17.1. The summed E-state index contributed by atoms with van der Waals surface area (Å²) >= 11 is 0. The third-order valence-corrected chi connectivity index (χ3v) is 5.12. The second-order valence-electron chi connectivity index (χ2n) is 7.02. The SMILES string of the molecule is NC1=C(c2ccccc2)C(=O)NC1(Cc1ccccc1)Cc1ccccc1. The van der Waals surface area contributed by atoms with Crippen LogP contribution in [0.25, 0.3) is 5.57 Å². The van der Waals surface area contributed by atoms with E-state index in [1.54, 1.807) is 0 Å². The Morgan fingerprint density at radius 1 is 0.704 bits per heavy atom. The molecule has 1 aliphatic rings. The lowest BCUT2D eigenvalue weighted by molar-refractivity contribution is -0.116. The Morgan fingerprint density at radius 2 is 1.15 bits per heavy atom. The van der Waals surface area contributed by atoms with Crippen LogP contribution in [-0.2, 0) is 17.6 Å². The molecule has 1 heterocycles. The summed E-state index contributed by atoms with van der Waals surface area (Å²) in [7, 11) is 0. The van der Waals surface area contributed by atoms with Crippen LogP contribution in [0.3, 0.4) is 0 Å². The molecule has 0 bridgehead atoms. The molecule has 1 aliphatic heterocycles. The van der Waals surface area contributed by atoms with E-state index < -0.39 is 5.54 Å². The summed E-state index contributed by atoms with van der Waals surface area (Å²) in [6.07, 6.45) is 1.30. The van der Waals surface area contributed by atoms with Crippen LogP contribution in [0.2, 0.25) is 0 Å². The fraction of sp³-hybridized carbons (Fsp3) is 0.125. The van der Waals surface area contributed by atoms with Crippen molar-refractivity contribution >= 4 is 11.5 Å². The minimum atomic E-state index is -0.634. The maximum absolute atomic E-state index is 12.9. The molecule has 3 aromatic rings. The van der Waals surface area contributed by atoms with Crippen LogP contribution in [0.1, 0.15) is 16.7 Å². The fourth-order valence-electron chi connectivity index (χ4n) is 3.83. The molecule has 0 spiro atoms. The number of hydrogen-bond acceptors (Lipinski definition) is 2. The number of hydrogen-bond donors (Lipinski definition) is 2. The summed E-state index contributed by atoms with van der Waals surface area (Å²) < 4.78 is 0. The van der Waals surface area contributed by atoms with Crippen LogP contribution in [0.5, 0.6) is 0 Å². The third kappa shape index (κ3) is 3.36. The molecule has 3 N–H and O–H groups in total. The number of rotatable bonds is 5. The maximum atomic E-state index is 12.9. The molecule has 0 aromatic heterocycles. The van der Waals surface area contributed by atoms with Crippen molar-refractivity contribution in [1.82, 2.24) is 5.32 Å². The Morgan fingerprint density at radius 3 is 1.63 bits per heavy atom. The number of amides is 1. The number of benzene rings is 3. The molecule has 0 saturated heterocycles. The standard InChI is InChI=1S/C24H22N2O/c25-22-21(20-14-8-3-9-15-20)23(27)26-24(22,16-18-10-4-1-5-11-18)17-19-12-6-2-7-13-19/h1-15H,16-17,25H2,(H,26,27). The van der Waals surface area contributed by atoms with Gasteiger partial charge in [-0.25, -0.2) is 0 Å². The van der Waals surface area contributed by atoms with Crippen molar-refractivity contribution in [2.24, 2.45) is 5.73 Å². The minimum absolute atomic E-state index is 0.106. The van der Waals surface area contributed by atoms with Gasteiger partial charge in [-0.1, -0.05) is 91.0 Å². The van der Waals surface area contributed by atoms with E-state index in [2.05, 4.69) is 29.6 Å². The van der Waals surface area contributed by atoms with Gasteiger partial charge < -0.3 is 11.1 Å². The molecule has 134 valence electrons. The van der Waals surface area contributed by atoms with Crippen molar-refractivity contribution in [3.8, 4) is 0 Å². The second kappa shape index (κ2) is 7.12. The molecule has 1 amide bonds. The Hall–Kier alpha value is -3.33. The van der Waals surface area contributed by atoms with E-state index in [9.17, 15) is 4.79 Å². The zero-order chi connectivity index (χ0) is 18.7. The average molecular weight is 354 g/mol. The van der Waals surface area contributed by atoms with E-state index >= 15 is 0 Å². The van der Waals surface area contributed by atoms with E-state index in [0.29, 0.717) is 24.1 Å². The first-order valence-electron chi connectivity index (χ1n) is 9.14. The molecule has 3 nitrogen and oxygen atoms in total.